The first-order chi connectivity index (χ1) is 6.34. The van der Waals surface area contributed by atoms with E-state index in [-0.39, 0.29) is 12.6 Å². The molecule has 1 aromatic carbocycles. The first-order valence-electron chi connectivity index (χ1n) is 3.94. The van der Waals surface area contributed by atoms with Gasteiger partial charge in [-0.25, -0.2) is 0 Å². The number of hydrogen-bond donors (Lipinski definition) is 0. The molecular weight excluding hydrogens is 188 g/mol. The number of benzene rings is 1. The second kappa shape index (κ2) is 2.42. The number of thioether (sulfide) groups is 1. The fraction of sp³-hybridized carbons (Fsp3) is 0.222. The van der Waals surface area contributed by atoms with Gasteiger partial charge in [-0.3, -0.25) is 4.79 Å². The molecule has 0 bridgehead atoms. The first kappa shape index (κ1) is 7.26. The number of ketones is 1. The van der Waals surface area contributed by atoms with E-state index in [9.17, 15) is 4.79 Å². The molecule has 3 nitrogen and oxygen atoms in total. The van der Waals surface area contributed by atoms with Gasteiger partial charge in [0.25, 0.3) is 0 Å². The van der Waals surface area contributed by atoms with Gasteiger partial charge in [0, 0.05) is 10.5 Å². The minimum Gasteiger partial charge on any atom is -0.454 e. The molecular formula is C9H6O3S. The van der Waals surface area contributed by atoms with Crippen LogP contribution in [0.25, 0.3) is 0 Å². The van der Waals surface area contributed by atoms with E-state index in [0.29, 0.717) is 11.5 Å². The summed E-state index contributed by atoms with van der Waals surface area (Å²) in [5.74, 6) is 2.16. The maximum atomic E-state index is 11.3. The summed E-state index contributed by atoms with van der Waals surface area (Å²) in [6.45, 7) is 0.261. The molecule has 0 atom stereocenters. The van der Waals surface area contributed by atoms with E-state index in [1.165, 1.54) is 0 Å². The molecule has 0 spiro atoms. The highest BCUT2D eigenvalue weighted by molar-refractivity contribution is 8.00. The molecule has 0 saturated heterocycles. The van der Waals surface area contributed by atoms with Crippen molar-refractivity contribution in [1.82, 2.24) is 0 Å². The highest BCUT2D eigenvalue weighted by Crippen LogP contribution is 2.41. The van der Waals surface area contributed by atoms with Gasteiger partial charge < -0.3 is 9.47 Å². The third-order valence-electron chi connectivity index (χ3n) is 2.13. The van der Waals surface area contributed by atoms with Gasteiger partial charge in [0.1, 0.15) is 0 Å². The molecule has 2 aliphatic heterocycles. The second-order valence-electron chi connectivity index (χ2n) is 2.91. The molecule has 0 N–H and O–H groups in total. The molecule has 0 aromatic heterocycles. The quantitative estimate of drug-likeness (QED) is 0.629. The van der Waals surface area contributed by atoms with Crippen molar-refractivity contribution in [3.05, 3.63) is 17.7 Å². The largest absolute Gasteiger partial charge is 0.454 e. The van der Waals surface area contributed by atoms with E-state index in [4.69, 9.17) is 9.47 Å². The average Bonchev–Trinajstić information content (AvgIpc) is 2.70. The Hall–Kier alpha value is -1.16. The molecule has 0 amide bonds. The van der Waals surface area contributed by atoms with Crippen molar-refractivity contribution in [3.63, 3.8) is 0 Å². The topological polar surface area (TPSA) is 35.5 Å². The lowest BCUT2D eigenvalue weighted by atomic mass is 10.1. The fourth-order valence-electron chi connectivity index (χ4n) is 1.48. The molecule has 13 heavy (non-hydrogen) atoms. The van der Waals surface area contributed by atoms with Gasteiger partial charge in [-0.05, 0) is 12.1 Å². The standard InChI is InChI=1S/C9H6O3S/c10-6-3-13-9-2-8-7(1-5(6)9)11-4-12-8/h1-2H,3-4H2. The van der Waals surface area contributed by atoms with E-state index in [1.54, 1.807) is 17.8 Å². The van der Waals surface area contributed by atoms with Crippen molar-refractivity contribution in [1.29, 1.82) is 0 Å². The van der Waals surface area contributed by atoms with Crippen LogP contribution in [0.5, 0.6) is 11.5 Å². The summed E-state index contributed by atoms with van der Waals surface area (Å²) in [7, 11) is 0. The zero-order valence-corrected chi connectivity index (χ0v) is 7.52. The summed E-state index contributed by atoms with van der Waals surface area (Å²) < 4.78 is 10.4. The van der Waals surface area contributed by atoms with Gasteiger partial charge >= 0.3 is 0 Å². The van der Waals surface area contributed by atoms with Crippen molar-refractivity contribution in [3.8, 4) is 11.5 Å². The third-order valence-corrected chi connectivity index (χ3v) is 3.19. The number of Topliss-reactive ketones (excluding diaryl/α,β-unsaturated/α-hetero) is 1. The van der Waals surface area contributed by atoms with Crippen LogP contribution >= 0.6 is 11.8 Å². The van der Waals surface area contributed by atoms with Gasteiger partial charge in [0.15, 0.2) is 17.3 Å². The lowest BCUT2D eigenvalue weighted by Gasteiger charge is -1.98. The SMILES string of the molecule is O=C1CSc2cc3c(cc21)OCO3. The zero-order valence-electron chi connectivity index (χ0n) is 6.70. The molecule has 0 radical (unpaired) electrons. The number of carbonyl (C=O) groups is 1. The van der Waals surface area contributed by atoms with Crippen molar-refractivity contribution in [2.24, 2.45) is 0 Å². The molecule has 0 fully saturated rings. The maximum Gasteiger partial charge on any atom is 0.231 e. The van der Waals surface area contributed by atoms with Crippen LogP contribution in [-0.4, -0.2) is 18.3 Å². The predicted octanol–water partition coefficient (Wildman–Crippen LogP) is 1.70. The van der Waals surface area contributed by atoms with Crippen LogP contribution in [0.2, 0.25) is 0 Å². The monoisotopic (exact) mass is 194 g/mol. The Morgan fingerprint density at radius 2 is 2.00 bits per heavy atom. The van der Waals surface area contributed by atoms with Crippen LogP contribution < -0.4 is 9.47 Å². The number of rotatable bonds is 0. The van der Waals surface area contributed by atoms with Crippen LogP contribution in [0.15, 0.2) is 17.0 Å². The molecule has 0 saturated carbocycles. The van der Waals surface area contributed by atoms with Crippen molar-refractivity contribution in [2.75, 3.05) is 12.5 Å². The van der Waals surface area contributed by atoms with E-state index in [0.717, 1.165) is 16.2 Å². The van der Waals surface area contributed by atoms with Crippen LogP contribution in [0.4, 0.5) is 0 Å². The van der Waals surface area contributed by atoms with Crippen LogP contribution in [0.3, 0.4) is 0 Å². The predicted molar refractivity (Wildman–Crippen MR) is 47.6 cm³/mol. The number of hydrogen-bond acceptors (Lipinski definition) is 4. The van der Waals surface area contributed by atoms with E-state index < -0.39 is 0 Å². The van der Waals surface area contributed by atoms with Gasteiger partial charge in [0.2, 0.25) is 6.79 Å². The van der Waals surface area contributed by atoms with Crippen molar-refractivity contribution in [2.45, 2.75) is 4.90 Å². The highest BCUT2D eigenvalue weighted by atomic mass is 32.2. The third kappa shape index (κ3) is 0.951. The average molecular weight is 194 g/mol. The summed E-state index contributed by atoms with van der Waals surface area (Å²) in [5, 5.41) is 0. The Morgan fingerprint density at radius 3 is 2.85 bits per heavy atom. The molecule has 0 aliphatic carbocycles. The normalized spacial score (nSPS) is 17.7. The summed E-state index contributed by atoms with van der Waals surface area (Å²) in [4.78, 5) is 12.4. The Morgan fingerprint density at radius 1 is 1.23 bits per heavy atom. The van der Waals surface area contributed by atoms with Gasteiger partial charge in [-0.15, -0.1) is 11.8 Å². The molecule has 0 unspecified atom stereocenters. The summed E-state index contributed by atoms with van der Waals surface area (Å²) >= 11 is 1.56. The number of fused-ring (bicyclic) bond motifs is 2. The molecule has 2 aliphatic rings. The van der Waals surface area contributed by atoms with Crippen LogP contribution in [0.1, 0.15) is 10.4 Å². The van der Waals surface area contributed by atoms with Crippen LogP contribution in [0, 0.1) is 0 Å². The fourth-order valence-corrected chi connectivity index (χ4v) is 2.44. The molecule has 66 valence electrons. The minimum atomic E-state index is 0.179. The minimum absolute atomic E-state index is 0.179. The van der Waals surface area contributed by atoms with Crippen LogP contribution in [-0.2, 0) is 0 Å². The Balaban J connectivity index is 2.22. The first-order valence-corrected chi connectivity index (χ1v) is 4.93. The highest BCUT2D eigenvalue weighted by Gasteiger charge is 2.25. The number of ether oxygens (including phenoxy) is 2. The van der Waals surface area contributed by atoms with Gasteiger partial charge in [0.05, 0.1) is 5.75 Å². The summed E-state index contributed by atoms with van der Waals surface area (Å²) in [6, 6.07) is 3.66. The summed E-state index contributed by atoms with van der Waals surface area (Å²) in [6.07, 6.45) is 0. The Kier molecular flexibility index (Phi) is 1.35. The number of carbonyl (C=O) groups excluding carboxylic acids is 1. The van der Waals surface area contributed by atoms with E-state index in [1.807, 2.05) is 6.07 Å². The second-order valence-corrected chi connectivity index (χ2v) is 3.93. The van der Waals surface area contributed by atoms with E-state index in [2.05, 4.69) is 0 Å². The molecule has 2 heterocycles. The smallest absolute Gasteiger partial charge is 0.231 e. The van der Waals surface area contributed by atoms with Gasteiger partial charge in [-0.1, -0.05) is 0 Å². The van der Waals surface area contributed by atoms with Crippen molar-refractivity contribution >= 4 is 17.5 Å². The Bertz CT molecular complexity index is 400. The maximum absolute atomic E-state index is 11.3. The lowest BCUT2D eigenvalue weighted by molar-refractivity contribution is 0.102. The molecule has 4 heteroatoms. The van der Waals surface area contributed by atoms with Gasteiger partial charge in [-0.2, -0.15) is 0 Å². The summed E-state index contributed by atoms with van der Waals surface area (Å²) in [5.41, 5.74) is 0.772. The zero-order chi connectivity index (χ0) is 8.84. The lowest BCUT2D eigenvalue weighted by Crippen LogP contribution is -1.95. The molecule has 3 rings (SSSR count). The van der Waals surface area contributed by atoms with E-state index >= 15 is 0 Å². The Labute approximate surface area is 79.0 Å². The van der Waals surface area contributed by atoms with Crippen molar-refractivity contribution < 1.29 is 14.3 Å². The molecule has 1 aromatic rings.